The number of aliphatic hydroxyl groups is 1. The minimum atomic E-state index is -0.414. The highest BCUT2D eigenvalue weighted by molar-refractivity contribution is 5.23. The van der Waals surface area contributed by atoms with Crippen LogP contribution in [0.2, 0.25) is 0 Å². The monoisotopic (exact) mass is 316 g/mol. The predicted molar refractivity (Wildman–Crippen MR) is 96.0 cm³/mol. The first-order valence-corrected chi connectivity index (χ1v) is 10.2. The molecule has 0 radical (unpaired) electrons. The molecular weight excluding hydrogens is 280 g/mol. The Morgan fingerprint density at radius 3 is 2.57 bits per heavy atom. The largest absolute Gasteiger partial charge is 0.390 e. The molecule has 0 bridgehead atoms. The molecule has 0 amide bonds. The minimum absolute atomic E-state index is 0.414. The van der Waals surface area contributed by atoms with Crippen LogP contribution in [0.15, 0.2) is 11.6 Å². The second-order valence-electron chi connectivity index (χ2n) is 9.94. The number of allylic oxidation sites excluding steroid dienone is 2. The van der Waals surface area contributed by atoms with Gasteiger partial charge >= 0.3 is 0 Å². The van der Waals surface area contributed by atoms with E-state index in [9.17, 15) is 5.11 Å². The number of rotatable bonds is 0. The Hall–Kier alpha value is -0.300. The molecule has 1 N–H and O–H groups in total. The van der Waals surface area contributed by atoms with Gasteiger partial charge < -0.3 is 5.11 Å². The fraction of sp³-hybridized carbons (Fsp3) is 0.909. The average molecular weight is 317 g/mol. The molecule has 0 aromatic heterocycles. The van der Waals surface area contributed by atoms with Crippen LogP contribution in [0.5, 0.6) is 0 Å². The first-order valence-electron chi connectivity index (χ1n) is 10.2. The van der Waals surface area contributed by atoms with Crippen LogP contribution in [0, 0.1) is 40.9 Å². The lowest BCUT2D eigenvalue weighted by molar-refractivity contribution is -0.116. The van der Waals surface area contributed by atoms with Crippen molar-refractivity contribution in [2.45, 2.75) is 84.7 Å². The normalized spacial score (nSPS) is 57.7. The first-order chi connectivity index (χ1) is 10.9. The van der Waals surface area contributed by atoms with Crippen molar-refractivity contribution in [3.8, 4) is 0 Å². The highest BCUT2D eigenvalue weighted by Gasteiger charge is 2.56. The lowest BCUT2D eigenvalue weighted by atomic mass is 9.48. The maximum atomic E-state index is 10.7. The summed E-state index contributed by atoms with van der Waals surface area (Å²) >= 11 is 0. The van der Waals surface area contributed by atoms with E-state index < -0.39 is 5.60 Å². The van der Waals surface area contributed by atoms with E-state index in [-0.39, 0.29) is 0 Å². The lowest BCUT2D eigenvalue weighted by Gasteiger charge is -2.57. The smallest absolute Gasteiger partial charge is 0.0648 e. The number of hydrogen-bond donors (Lipinski definition) is 1. The summed E-state index contributed by atoms with van der Waals surface area (Å²) < 4.78 is 0. The van der Waals surface area contributed by atoms with E-state index in [1.165, 1.54) is 44.9 Å². The van der Waals surface area contributed by atoms with Crippen molar-refractivity contribution in [2.24, 2.45) is 40.9 Å². The molecule has 0 aromatic rings. The Kier molecular flexibility index (Phi) is 3.76. The molecule has 1 heteroatoms. The molecule has 0 aromatic carbocycles. The van der Waals surface area contributed by atoms with Gasteiger partial charge in [-0.05, 0) is 106 Å². The van der Waals surface area contributed by atoms with Crippen LogP contribution < -0.4 is 0 Å². The van der Waals surface area contributed by atoms with E-state index in [4.69, 9.17) is 0 Å². The third kappa shape index (κ3) is 2.29. The van der Waals surface area contributed by atoms with Gasteiger partial charge in [-0.1, -0.05) is 25.5 Å². The van der Waals surface area contributed by atoms with Gasteiger partial charge in [-0.2, -0.15) is 0 Å². The molecule has 0 saturated heterocycles. The average Bonchev–Trinajstić information content (AvgIpc) is 2.84. The van der Waals surface area contributed by atoms with E-state index in [0.29, 0.717) is 11.3 Å². The minimum Gasteiger partial charge on any atom is -0.390 e. The van der Waals surface area contributed by atoms with Crippen molar-refractivity contribution < 1.29 is 5.11 Å². The van der Waals surface area contributed by atoms with Crippen molar-refractivity contribution in [1.29, 1.82) is 0 Å². The van der Waals surface area contributed by atoms with Crippen LogP contribution in [0.4, 0.5) is 0 Å². The summed E-state index contributed by atoms with van der Waals surface area (Å²) in [6, 6.07) is 0. The van der Waals surface area contributed by atoms with Crippen LogP contribution in [0.25, 0.3) is 0 Å². The van der Waals surface area contributed by atoms with Crippen molar-refractivity contribution >= 4 is 0 Å². The first kappa shape index (κ1) is 16.2. The van der Waals surface area contributed by atoms with E-state index in [0.717, 1.165) is 36.0 Å². The zero-order valence-electron chi connectivity index (χ0n) is 15.6. The third-order valence-corrected chi connectivity index (χ3v) is 9.08. The van der Waals surface area contributed by atoms with E-state index >= 15 is 0 Å². The molecule has 23 heavy (non-hydrogen) atoms. The van der Waals surface area contributed by atoms with Gasteiger partial charge in [0.2, 0.25) is 0 Å². The fourth-order valence-corrected chi connectivity index (χ4v) is 7.57. The summed E-state index contributed by atoms with van der Waals surface area (Å²) in [7, 11) is 0. The summed E-state index contributed by atoms with van der Waals surface area (Å²) in [5.74, 6) is 5.07. The predicted octanol–water partition coefficient (Wildman–Crippen LogP) is 5.58. The highest BCUT2D eigenvalue weighted by Crippen LogP contribution is 2.64. The van der Waals surface area contributed by atoms with Gasteiger partial charge in [0.05, 0.1) is 5.60 Å². The Bertz CT molecular complexity index is 504. The molecular formula is C22H36O. The zero-order chi connectivity index (χ0) is 16.4. The molecule has 130 valence electrons. The Balaban J connectivity index is 1.58. The van der Waals surface area contributed by atoms with E-state index in [1.807, 2.05) is 0 Å². The summed E-state index contributed by atoms with van der Waals surface area (Å²) in [5.41, 5.74) is 1.88. The van der Waals surface area contributed by atoms with Gasteiger partial charge in [-0.25, -0.2) is 0 Å². The van der Waals surface area contributed by atoms with Crippen molar-refractivity contribution in [2.75, 3.05) is 0 Å². The Morgan fingerprint density at radius 1 is 1.04 bits per heavy atom. The quantitative estimate of drug-likeness (QED) is 0.578. The molecule has 0 aliphatic heterocycles. The second-order valence-corrected chi connectivity index (χ2v) is 9.94. The topological polar surface area (TPSA) is 20.2 Å². The third-order valence-electron chi connectivity index (χ3n) is 9.08. The molecule has 4 fully saturated rings. The van der Waals surface area contributed by atoms with Gasteiger partial charge in [0.25, 0.3) is 0 Å². The van der Waals surface area contributed by atoms with Gasteiger partial charge in [-0.15, -0.1) is 0 Å². The summed E-state index contributed by atoms with van der Waals surface area (Å²) in [5, 5.41) is 10.7. The van der Waals surface area contributed by atoms with Crippen LogP contribution >= 0.6 is 0 Å². The van der Waals surface area contributed by atoms with Crippen molar-refractivity contribution in [1.82, 2.24) is 0 Å². The lowest BCUT2D eigenvalue weighted by Crippen LogP contribution is -2.52. The number of fused-ring (bicyclic) bond motifs is 5. The molecule has 0 spiro atoms. The van der Waals surface area contributed by atoms with Crippen LogP contribution in [-0.4, -0.2) is 10.7 Å². The molecule has 4 saturated carbocycles. The number of hydrogen-bond acceptors (Lipinski definition) is 1. The van der Waals surface area contributed by atoms with Gasteiger partial charge in [0, 0.05) is 0 Å². The summed E-state index contributed by atoms with van der Waals surface area (Å²) in [6.45, 7) is 9.22. The molecule has 4 aliphatic rings. The Labute approximate surface area is 142 Å². The molecule has 4 aliphatic carbocycles. The molecule has 0 heterocycles. The highest BCUT2D eigenvalue weighted by atomic mass is 16.3. The van der Waals surface area contributed by atoms with Gasteiger partial charge in [0.15, 0.2) is 0 Å². The van der Waals surface area contributed by atoms with Crippen LogP contribution in [-0.2, 0) is 0 Å². The van der Waals surface area contributed by atoms with Gasteiger partial charge in [0.1, 0.15) is 0 Å². The molecule has 4 rings (SSSR count). The van der Waals surface area contributed by atoms with E-state index in [1.54, 1.807) is 5.57 Å². The van der Waals surface area contributed by atoms with Crippen LogP contribution in [0.3, 0.4) is 0 Å². The van der Waals surface area contributed by atoms with Crippen molar-refractivity contribution in [3.05, 3.63) is 11.6 Å². The maximum Gasteiger partial charge on any atom is 0.0648 e. The second kappa shape index (κ2) is 5.35. The van der Waals surface area contributed by atoms with Gasteiger partial charge in [-0.3, -0.25) is 0 Å². The van der Waals surface area contributed by atoms with Crippen molar-refractivity contribution in [3.63, 3.8) is 0 Å². The SMILES string of the molecule is C/C=C1/CC[C@H]2[C@@H]3CC[C@H]4C[C@](C)(O)[C@H](C)C[C@@H]4[C@H]3CC[C@]12C. The Morgan fingerprint density at radius 2 is 1.83 bits per heavy atom. The molecule has 8 atom stereocenters. The standard InChI is InChI=1S/C22H36O/c1-5-16-7-9-20-18-8-6-15-13-22(4,23)14(2)12-19(15)17(18)10-11-21(16,20)3/h5,14-15,17-20,23H,6-13H2,1-4H3/b16-5-/t14-,15+,17+,18-,19+,20+,21-,22+/m1/s1. The van der Waals surface area contributed by atoms with Crippen LogP contribution in [0.1, 0.15) is 79.1 Å². The zero-order valence-corrected chi connectivity index (χ0v) is 15.6. The van der Waals surface area contributed by atoms with E-state index in [2.05, 4.69) is 33.8 Å². The molecule has 1 nitrogen and oxygen atoms in total. The summed E-state index contributed by atoms with van der Waals surface area (Å²) in [6.07, 6.45) is 13.3. The maximum absolute atomic E-state index is 10.7. The molecule has 0 unspecified atom stereocenters. The summed E-state index contributed by atoms with van der Waals surface area (Å²) in [4.78, 5) is 0. The fourth-order valence-electron chi connectivity index (χ4n) is 7.57.